The molecular weight excluding hydrogens is 250 g/mol. The quantitative estimate of drug-likeness (QED) is 0.829. The summed E-state index contributed by atoms with van der Waals surface area (Å²) in [5, 5.41) is 0. The average Bonchev–Trinajstić information content (AvgIpc) is 2.34. The van der Waals surface area contributed by atoms with Crippen molar-refractivity contribution in [2.24, 2.45) is 11.8 Å². The van der Waals surface area contributed by atoms with E-state index in [1.807, 2.05) is 12.1 Å². The van der Waals surface area contributed by atoms with Gasteiger partial charge in [0.1, 0.15) is 5.82 Å². The number of hydrogen-bond donors (Lipinski definition) is 1. The molecule has 0 atom stereocenters. The van der Waals surface area contributed by atoms with Gasteiger partial charge in [-0.2, -0.15) is 4.98 Å². The van der Waals surface area contributed by atoms with E-state index in [1.165, 1.54) is 0 Å². The van der Waals surface area contributed by atoms with Crippen molar-refractivity contribution in [2.75, 3.05) is 23.8 Å². The Labute approximate surface area is 123 Å². The number of aromatic nitrogens is 1. The highest BCUT2D eigenvalue weighted by atomic mass is 16.5. The normalized spacial score (nSPS) is 11.4. The van der Waals surface area contributed by atoms with Gasteiger partial charge >= 0.3 is 0 Å². The Kier molecular flexibility index (Phi) is 6.11. The van der Waals surface area contributed by atoms with Crippen LogP contribution in [0, 0.1) is 11.8 Å². The minimum Gasteiger partial charge on any atom is -0.476 e. The van der Waals surface area contributed by atoms with E-state index in [1.54, 1.807) is 0 Å². The number of nitrogen functional groups attached to an aromatic ring is 1. The Morgan fingerprint density at radius 1 is 1.10 bits per heavy atom. The molecule has 0 fully saturated rings. The van der Waals surface area contributed by atoms with E-state index in [2.05, 4.69) is 51.4 Å². The maximum Gasteiger partial charge on any atom is 0.239 e. The van der Waals surface area contributed by atoms with Gasteiger partial charge in [-0.15, -0.1) is 0 Å². The molecule has 1 rings (SSSR count). The zero-order chi connectivity index (χ0) is 15.3. The molecule has 114 valence electrons. The van der Waals surface area contributed by atoms with E-state index in [4.69, 9.17) is 10.5 Å². The summed E-state index contributed by atoms with van der Waals surface area (Å²) < 4.78 is 5.71. The Morgan fingerprint density at radius 3 is 2.25 bits per heavy atom. The summed E-state index contributed by atoms with van der Waals surface area (Å²) in [6.07, 6.45) is 0. The van der Waals surface area contributed by atoms with E-state index in [0.29, 0.717) is 36.1 Å². The predicted molar refractivity (Wildman–Crippen MR) is 86.3 cm³/mol. The van der Waals surface area contributed by atoms with Crippen LogP contribution in [0.3, 0.4) is 0 Å². The van der Waals surface area contributed by atoms with Crippen LogP contribution in [0.15, 0.2) is 12.1 Å². The lowest BCUT2D eigenvalue weighted by molar-refractivity contribution is 0.263. The predicted octanol–water partition coefficient (Wildman–Crippen LogP) is 3.57. The lowest BCUT2D eigenvalue weighted by atomic mass is 10.1. The molecule has 1 aromatic heterocycles. The van der Waals surface area contributed by atoms with E-state index in [0.717, 1.165) is 12.4 Å². The fourth-order valence-electron chi connectivity index (χ4n) is 1.92. The molecule has 0 saturated carbocycles. The smallest absolute Gasteiger partial charge is 0.239 e. The van der Waals surface area contributed by atoms with Crippen molar-refractivity contribution in [2.45, 2.75) is 47.6 Å². The fourth-order valence-corrected chi connectivity index (χ4v) is 1.92. The Morgan fingerprint density at radius 2 is 1.75 bits per heavy atom. The summed E-state index contributed by atoms with van der Waals surface area (Å²) in [5.74, 6) is 2.51. The van der Waals surface area contributed by atoms with Crippen molar-refractivity contribution in [1.82, 2.24) is 4.98 Å². The second-order valence-electron chi connectivity index (χ2n) is 6.41. The highest BCUT2D eigenvalue weighted by Crippen LogP contribution is 2.25. The van der Waals surface area contributed by atoms with Gasteiger partial charge in [0.2, 0.25) is 5.88 Å². The molecule has 2 N–H and O–H groups in total. The summed E-state index contributed by atoms with van der Waals surface area (Å²) in [5.41, 5.74) is 6.55. The van der Waals surface area contributed by atoms with E-state index >= 15 is 0 Å². The highest BCUT2D eigenvalue weighted by Gasteiger charge is 2.15. The molecule has 4 nitrogen and oxygen atoms in total. The number of nitrogens with two attached hydrogens (primary N) is 1. The van der Waals surface area contributed by atoms with Crippen molar-refractivity contribution >= 4 is 11.5 Å². The molecule has 0 aliphatic carbocycles. The van der Waals surface area contributed by atoms with E-state index in [9.17, 15) is 0 Å². The molecule has 0 saturated heterocycles. The van der Waals surface area contributed by atoms with E-state index < -0.39 is 0 Å². The number of anilines is 2. The first-order chi connectivity index (χ1) is 9.31. The van der Waals surface area contributed by atoms with Crippen LogP contribution in [0.1, 0.15) is 41.5 Å². The largest absolute Gasteiger partial charge is 0.476 e. The number of pyridine rings is 1. The summed E-state index contributed by atoms with van der Waals surface area (Å²) >= 11 is 0. The first-order valence-corrected chi connectivity index (χ1v) is 7.47. The Bertz CT molecular complexity index is 416. The minimum atomic E-state index is 0.395. The minimum absolute atomic E-state index is 0.395. The third kappa shape index (κ3) is 4.91. The lowest BCUT2D eigenvalue weighted by Gasteiger charge is -2.30. The zero-order valence-electron chi connectivity index (χ0n) is 13.7. The SMILES string of the molecule is CC(C)COc1nc(N(CC(C)C)C(C)C)ccc1N. The second-order valence-corrected chi connectivity index (χ2v) is 6.41. The van der Waals surface area contributed by atoms with Crippen LogP contribution in [0.2, 0.25) is 0 Å². The molecule has 0 bridgehead atoms. The summed E-state index contributed by atoms with van der Waals surface area (Å²) in [6.45, 7) is 14.6. The van der Waals surface area contributed by atoms with Gasteiger partial charge in [-0.1, -0.05) is 27.7 Å². The topological polar surface area (TPSA) is 51.4 Å². The monoisotopic (exact) mass is 279 g/mol. The van der Waals surface area contributed by atoms with Crippen LogP contribution >= 0.6 is 0 Å². The number of nitrogens with zero attached hydrogens (tertiary/aromatic N) is 2. The second kappa shape index (κ2) is 7.36. The first kappa shape index (κ1) is 16.6. The molecule has 0 aliphatic heterocycles. The van der Waals surface area contributed by atoms with Crippen molar-refractivity contribution in [3.05, 3.63) is 12.1 Å². The number of rotatable bonds is 7. The van der Waals surface area contributed by atoms with Gasteiger partial charge in [-0.3, -0.25) is 0 Å². The van der Waals surface area contributed by atoms with E-state index in [-0.39, 0.29) is 0 Å². The number of ether oxygens (including phenoxy) is 1. The van der Waals surface area contributed by atoms with Gasteiger partial charge < -0.3 is 15.4 Å². The first-order valence-electron chi connectivity index (χ1n) is 7.47. The molecule has 0 unspecified atom stereocenters. The third-order valence-corrected chi connectivity index (χ3v) is 2.91. The van der Waals surface area contributed by atoms with Crippen molar-refractivity contribution in [3.63, 3.8) is 0 Å². The van der Waals surface area contributed by atoms with Gasteiger partial charge in [-0.05, 0) is 37.8 Å². The molecule has 0 amide bonds. The Balaban J connectivity index is 2.96. The van der Waals surface area contributed by atoms with Gasteiger partial charge in [0.25, 0.3) is 0 Å². The maximum absolute atomic E-state index is 5.95. The molecule has 1 aromatic rings. The summed E-state index contributed by atoms with van der Waals surface area (Å²) in [6, 6.07) is 4.25. The molecular formula is C16H29N3O. The standard InChI is InChI=1S/C16H29N3O/c1-11(2)9-19(13(5)6)15-8-7-14(17)16(18-15)20-10-12(3)4/h7-8,11-13H,9-10,17H2,1-6H3. The van der Waals surface area contributed by atoms with Gasteiger partial charge in [-0.25, -0.2) is 0 Å². The molecule has 20 heavy (non-hydrogen) atoms. The lowest BCUT2D eigenvalue weighted by Crippen LogP contribution is -2.34. The van der Waals surface area contributed by atoms with Gasteiger partial charge in [0.15, 0.2) is 0 Å². The van der Waals surface area contributed by atoms with Crippen LogP contribution in [-0.2, 0) is 0 Å². The molecule has 1 heterocycles. The van der Waals surface area contributed by atoms with Crippen LogP contribution < -0.4 is 15.4 Å². The van der Waals surface area contributed by atoms with Crippen molar-refractivity contribution < 1.29 is 4.74 Å². The van der Waals surface area contributed by atoms with Gasteiger partial charge in [0.05, 0.1) is 12.3 Å². The van der Waals surface area contributed by atoms with Crippen molar-refractivity contribution in [3.8, 4) is 5.88 Å². The van der Waals surface area contributed by atoms with Crippen LogP contribution in [0.4, 0.5) is 11.5 Å². The van der Waals surface area contributed by atoms with Crippen LogP contribution in [-0.4, -0.2) is 24.2 Å². The molecule has 0 spiro atoms. The third-order valence-electron chi connectivity index (χ3n) is 2.91. The number of hydrogen-bond acceptors (Lipinski definition) is 4. The summed E-state index contributed by atoms with van der Waals surface area (Å²) in [4.78, 5) is 6.88. The Hall–Kier alpha value is -1.45. The van der Waals surface area contributed by atoms with Gasteiger partial charge in [0, 0.05) is 12.6 Å². The molecule has 0 aliphatic rings. The maximum atomic E-state index is 5.95. The molecule has 0 radical (unpaired) electrons. The van der Waals surface area contributed by atoms with Crippen molar-refractivity contribution in [1.29, 1.82) is 0 Å². The molecule has 4 heteroatoms. The highest BCUT2D eigenvalue weighted by molar-refractivity contribution is 5.54. The molecule has 0 aromatic carbocycles. The average molecular weight is 279 g/mol. The summed E-state index contributed by atoms with van der Waals surface area (Å²) in [7, 11) is 0. The van der Waals surface area contributed by atoms with Crippen LogP contribution in [0.5, 0.6) is 5.88 Å². The fraction of sp³-hybridized carbons (Fsp3) is 0.688. The van der Waals surface area contributed by atoms with Crippen LogP contribution in [0.25, 0.3) is 0 Å². The zero-order valence-corrected chi connectivity index (χ0v) is 13.7.